The van der Waals surface area contributed by atoms with E-state index in [-0.39, 0.29) is 18.9 Å². The fourth-order valence-corrected chi connectivity index (χ4v) is 3.78. The number of hydrogen-bond donors (Lipinski definition) is 1. The molecule has 126 valence electrons. The van der Waals surface area contributed by atoms with Crippen molar-refractivity contribution in [1.29, 1.82) is 0 Å². The van der Waals surface area contributed by atoms with E-state index in [1.807, 2.05) is 52.4 Å². The molecule has 0 saturated carbocycles. The first kappa shape index (κ1) is 15.6. The first-order valence-electron chi connectivity index (χ1n) is 7.87. The topological polar surface area (TPSA) is 74.9 Å². The number of hydrogen-bond acceptors (Lipinski definition) is 4. The van der Waals surface area contributed by atoms with Crippen molar-refractivity contribution in [3.8, 4) is 0 Å². The molecule has 0 aliphatic carbocycles. The lowest BCUT2D eigenvalue weighted by Gasteiger charge is -2.15. The van der Waals surface area contributed by atoms with E-state index in [2.05, 4.69) is 5.10 Å². The van der Waals surface area contributed by atoms with Gasteiger partial charge in [0, 0.05) is 0 Å². The van der Waals surface area contributed by atoms with Gasteiger partial charge in [0.25, 0.3) is 5.91 Å². The van der Waals surface area contributed by atoms with Crippen LogP contribution < -0.4 is 0 Å². The zero-order valence-electron chi connectivity index (χ0n) is 13.3. The number of aliphatic carboxylic acids is 1. The largest absolute Gasteiger partial charge is 0.481 e. The quantitative estimate of drug-likeness (QED) is 0.783. The normalized spacial score (nSPS) is 14.3. The van der Waals surface area contributed by atoms with E-state index in [9.17, 15) is 9.59 Å². The number of carbonyl (C=O) groups is 2. The fraction of sp³-hybridized carbons (Fsp3) is 0.167. The molecule has 25 heavy (non-hydrogen) atoms. The first-order chi connectivity index (χ1) is 12.1. The van der Waals surface area contributed by atoms with Gasteiger partial charge in [-0.2, -0.15) is 5.10 Å². The van der Waals surface area contributed by atoms with E-state index >= 15 is 0 Å². The number of benzene rings is 1. The Kier molecular flexibility index (Phi) is 3.85. The second-order valence-corrected chi connectivity index (χ2v) is 6.72. The maximum absolute atomic E-state index is 12.9. The molecular weight excluding hydrogens is 338 g/mol. The fourth-order valence-electron chi connectivity index (χ4n) is 2.96. The summed E-state index contributed by atoms with van der Waals surface area (Å²) >= 11 is 1.58. The SMILES string of the molecule is O=C(O)CCN1N=C(c2ccccc2)Cn2c(cc3sccc32)C1=O. The summed E-state index contributed by atoms with van der Waals surface area (Å²) in [6.07, 6.45) is -0.146. The minimum atomic E-state index is -0.954. The Bertz CT molecular complexity index is 988. The second-order valence-electron chi connectivity index (χ2n) is 5.77. The highest BCUT2D eigenvalue weighted by Crippen LogP contribution is 2.28. The van der Waals surface area contributed by atoms with Crippen molar-refractivity contribution < 1.29 is 14.7 Å². The molecule has 0 saturated heterocycles. The van der Waals surface area contributed by atoms with Crippen LogP contribution >= 0.6 is 11.3 Å². The number of fused-ring (bicyclic) bond motifs is 3. The summed E-state index contributed by atoms with van der Waals surface area (Å²) in [6, 6.07) is 13.5. The average molecular weight is 353 g/mol. The standard InChI is InChI=1S/C18H15N3O3S/c22-17(23)6-8-21-18(24)15-10-16-14(7-9-25-16)20(15)11-13(19-21)12-4-2-1-3-5-12/h1-5,7,9-10H,6,8,11H2,(H,22,23). The van der Waals surface area contributed by atoms with Crippen molar-refractivity contribution in [3.05, 3.63) is 59.1 Å². The Hall–Kier alpha value is -2.93. The molecule has 0 bridgehead atoms. The Labute approximate surface area is 147 Å². The van der Waals surface area contributed by atoms with Gasteiger partial charge < -0.3 is 9.67 Å². The van der Waals surface area contributed by atoms with Crippen LogP contribution in [0.25, 0.3) is 10.2 Å². The lowest BCUT2D eigenvalue weighted by molar-refractivity contribution is -0.137. The molecule has 1 aromatic carbocycles. The summed E-state index contributed by atoms with van der Waals surface area (Å²) in [5, 5.41) is 16.7. The third kappa shape index (κ3) is 2.83. The van der Waals surface area contributed by atoms with Crippen LogP contribution in [-0.2, 0) is 11.3 Å². The first-order valence-corrected chi connectivity index (χ1v) is 8.75. The van der Waals surface area contributed by atoms with Gasteiger partial charge >= 0.3 is 5.97 Å². The van der Waals surface area contributed by atoms with Crippen LogP contribution in [0, 0.1) is 0 Å². The van der Waals surface area contributed by atoms with E-state index < -0.39 is 5.97 Å². The third-order valence-corrected chi connectivity index (χ3v) is 5.02. The predicted octanol–water partition coefficient (Wildman–Crippen LogP) is 3.04. The highest BCUT2D eigenvalue weighted by atomic mass is 32.1. The molecule has 6 nitrogen and oxygen atoms in total. The van der Waals surface area contributed by atoms with Crippen molar-refractivity contribution in [2.45, 2.75) is 13.0 Å². The predicted molar refractivity (Wildman–Crippen MR) is 96.1 cm³/mol. The highest BCUT2D eigenvalue weighted by molar-refractivity contribution is 7.17. The highest BCUT2D eigenvalue weighted by Gasteiger charge is 2.27. The lowest BCUT2D eigenvalue weighted by Crippen LogP contribution is -2.28. The summed E-state index contributed by atoms with van der Waals surface area (Å²) in [4.78, 5) is 23.8. The van der Waals surface area contributed by atoms with Gasteiger partial charge in [-0.05, 0) is 23.1 Å². The van der Waals surface area contributed by atoms with Crippen LogP contribution in [0.2, 0.25) is 0 Å². The zero-order chi connectivity index (χ0) is 17.4. The molecule has 4 rings (SSSR count). The zero-order valence-corrected chi connectivity index (χ0v) is 14.1. The third-order valence-electron chi connectivity index (χ3n) is 4.17. The number of carbonyl (C=O) groups excluding carboxylic acids is 1. The maximum atomic E-state index is 12.9. The summed E-state index contributed by atoms with van der Waals surface area (Å²) in [5.41, 5.74) is 3.20. The van der Waals surface area contributed by atoms with Crippen LogP contribution in [0.5, 0.6) is 0 Å². The van der Waals surface area contributed by atoms with Crippen molar-refractivity contribution >= 4 is 39.1 Å². The molecule has 2 aromatic heterocycles. The van der Waals surface area contributed by atoms with E-state index in [1.54, 1.807) is 11.3 Å². The van der Waals surface area contributed by atoms with E-state index in [0.29, 0.717) is 12.2 Å². The molecule has 3 aromatic rings. The molecule has 0 spiro atoms. The van der Waals surface area contributed by atoms with Gasteiger partial charge in [0.2, 0.25) is 0 Å². The van der Waals surface area contributed by atoms with Crippen molar-refractivity contribution in [2.24, 2.45) is 5.10 Å². The molecular formula is C18H15N3O3S. The maximum Gasteiger partial charge on any atom is 0.305 e. The number of thiophene rings is 1. The summed E-state index contributed by atoms with van der Waals surface area (Å²) in [7, 11) is 0. The number of rotatable bonds is 4. The van der Waals surface area contributed by atoms with Crippen molar-refractivity contribution in [3.63, 3.8) is 0 Å². The Morgan fingerprint density at radius 3 is 2.80 bits per heavy atom. The molecule has 0 fully saturated rings. The summed E-state index contributed by atoms with van der Waals surface area (Å²) in [5.74, 6) is -1.22. The molecule has 1 aliphatic heterocycles. The van der Waals surface area contributed by atoms with E-state index in [1.165, 1.54) is 5.01 Å². The Morgan fingerprint density at radius 1 is 1.24 bits per heavy atom. The van der Waals surface area contributed by atoms with Gasteiger partial charge in [0.15, 0.2) is 0 Å². The molecule has 1 aliphatic rings. The van der Waals surface area contributed by atoms with Crippen molar-refractivity contribution in [2.75, 3.05) is 6.54 Å². The number of aromatic nitrogens is 1. The smallest absolute Gasteiger partial charge is 0.305 e. The van der Waals surface area contributed by atoms with Crippen LogP contribution in [0.15, 0.2) is 52.9 Å². The second kappa shape index (κ2) is 6.18. The molecule has 0 unspecified atom stereocenters. The number of nitrogens with zero attached hydrogens (tertiary/aromatic N) is 3. The molecule has 3 heterocycles. The van der Waals surface area contributed by atoms with Crippen LogP contribution in [0.3, 0.4) is 0 Å². The van der Waals surface area contributed by atoms with Gasteiger partial charge in [-0.15, -0.1) is 11.3 Å². The number of amides is 1. The number of carboxylic acids is 1. The van der Waals surface area contributed by atoms with Crippen LogP contribution in [0.4, 0.5) is 0 Å². The molecule has 1 amide bonds. The van der Waals surface area contributed by atoms with Gasteiger partial charge in [-0.25, -0.2) is 5.01 Å². The van der Waals surface area contributed by atoms with Gasteiger partial charge in [-0.1, -0.05) is 30.3 Å². The van der Waals surface area contributed by atoms with Crippen LogP contribution in [0.1, 0.15) is 22.5 Å². The van der Waals surface area contributed by atoms with Gasteiger partial charge in [0.05, 0.1) is 35.4 Å². The molecule has 0 radical (unpaired) electrons. The lowest BCUT2D eigenvalue weighted by atomic mass is 10.1. The molecule has 7 heteroatoms. The summed E-state index contributed by atoms with van der Waals surface area (Å²) in [6.45, 7) is 0.512. The molecule has 0 atom stereocenters. The number of carboxylic acid groups (broad SMARTS) is 1. The monoisotopic (exact) mass is 353 g/mol. The van der Waals surface area contributed by atoms with Crippen molar-refractivity contribution in [1.82, 2.24) is 9.58 Å². The summed E-state index contributed by atoms with van der Waals surface area (Å²) < 4.78 is 3.00. The molecule has 1 N–H and O–H groups in total. The van der Waals surface area contributed by atoms with E-state index in [4.69, 9.17) is 5.11 Å². The Balaban J connectivity index is 1.83. The van der Waals surface area contributed by atoms with E-state index in [0.717, 1.165) is 21.5 Å². The minimum absolute atomic E-state index is 0.0450. The Morgan fingerprint density at radius 2 is 2.04 bits per heavy atom. The number of hydrazone groups is 1. The van der Waals surface area contributed by atoms with Gasteiger partial charge in [0.1, 0.15) is 5.69 Å². The minimum Gasteiger partial charge on any atom is -0.481 e. The van der Waals surface area contributed by atoms with Gasteiger partial charge in [-0.3, -0.25) is 9.59 Å². The average Bonchev–Trinajstić information content (AvgIpc) is 3.16. The van der Waals surface area contributed by atoms with Crippen LogP contribution in [-0.4, -0.2) is 38.8 Å².